The molecule has 0 fully saturated rings. The van der Waals surface area contributed by atoms with Crippen LogP contribution in [0.2, 0.25) is 0 Å². The van der Waals surface area contributed by atoms with Crippen molar-refractivity contribution in [1.82, 2.24) is 10.0 Å². The Morgan fingerprint density at radius 3 is 2.78 bits per heavy atom. The quantitative estimate of drug-likeness (QED) is 0.635. The van der Waals surface area contributed by atoms with Gasteiger partial charge in [0.25, 0.3) is 10.0 Å². The fraction of sp³-hybridized carbons (Fsp3) is 0.636. The highest BCUT2D eigenvalue weighted by Gasteiger charge is 2.19. The number of nitrogens with one attached hydrogen (secondary N) is 2. The van der Waals surface area contributed by atoms with E-state index in [4.69, 9.17) is 9.52 Å². The SMILES string of the molecule is CCNCc1ccc(S(=O)(=O)NCC(C)CO)o1. The van der Waals surface area contributed by atoms with E-state index < -0.39 is 10.0 Å². The molecule has 7 heteroatoms. The lowest BCUT2D eigenvalue weighted by atomic mass is 10.2. The van der Waals surface area contributed by atoms with Crippen LogP contribution in [-0.2, 0) is 16.6 Å². The molecule has 0 amide bonds. The summed E-state index contributed by atoms with van der Waals surface area (Å²) in [6.45, 7) is 5.11. The van der Waals surface area contributed by atoms with Gasteiger partial charge in [-0.3, -0.25) is 0 Å². The van der Waals surface area contributed by atoms with Crippen molar-refractivity contribution in [2.45, 2.75) is 25.5 Å². The molecule has 1 unspecified atom stereocenters. The Morgan fingerprint density at radius 1 is 1.44 bits per heavy atom. The second-order valence-corrected chi connectivity index (χ2v) is 5.84. The first-order valence-corrected chi connectivity index (χ1v) is 7.38. The van der Waals surface area contributed by atoms with Gasteiger partial charge in [0.05, 0.1) is 6.54 Å². The van der Waals surface area contributed by atoms with Crippen molar-refractivity contribution >= 4 is 10.0 Å². The molecule has 0 aliphatic heterocycles. The van der Waals surface area contributed by atoms with Crippen LogP contribution in [0.15, 0.2) is 21.6 Å². The molecule has 0 saturated heterocycles. The fourth-order valence-electron chi connectivity index (χ4n) is 1.23. The van der Waals surface area contributed by atoms with Crippen molar-refractivity contribution < 1.29 is 17.9 Å². The maximum atomic E-state index is 11.8. The Kier molecular flexibility index (Phi) is 5.80. The Labute approximate surface area is 107 Å². The molecule has 1 rings (SSSR count). The van der Waals surface area contributed by atoms with E-state index in [9.17, 15) is 8.42 Å². The first-order valence-electron chi connectivity index (χ1n) is 5.89. The Hall–Kier alpha value is -0.890. The van der Waals surface area contributed by atoms with E-state index in [1.54, 1.807) is 13.0 Å². The first kappa shape index (κ1) is 15.2. The van der Waals surface area contributed by atoms with Gasteiger partial charge in [0.1, 0.15) is 5.76 Å². The molecule has 0 bridgehead atoms. The van der Waals surface area contributed by atoms with Gasteiger partial charge in [0.15, 0.2) is 0 Å². The van der Waals surface area contributed by atoms with Crippen molar-refractivity contribution in [1.29, 1.82) is 0 Å². The molecule has 6 nitrogen and oxygen atoms in total. The molecule has 0 radical (unpaired) electrons. The molecular weight excluding hydrogens is 256 g/mol. The molecule has 0 aliphatic rings. The van der Waals surface area contributed by atoms with Gasteiger partial charge in [-0.1, -0.05) is 13.8 Å². The normalized spacial score (nSPS) is 13.7. The first-order chi connectivity index (χ1) is 8.49. The summed E-state index contributed by atoms with van der Waals surface area (Å²) >= 11 is 0. The zero-order valence-electron chi connectivity index (χ0n) is 10.6. The topological polar surface area (TPSA) is 91.6 Å². The lowest BCUT2D eigenvalue weighted by Gasteiger charge is -2.08. The number of hydrogen-bond acceptors (Lipinski definition) is 5. The molecule has 1 aromatic rings. The Balaban J connectivity index is 2.64. The van der Waals surface area contributed by atoms with Gasteiger partial charge in [-0.25, -0.2) is 13.1 Å². The molecule has 18 heavy (non-hydrogen) atoms. The minimum atomic E-state index is -3.63. The molecule has 0 aromatic carbocycles. The summed E-state index contributed by atoms with van der Waals surface area (Å²) in [5, 5.41) is 11.8. The third kappa shape index (κ3) is 4.41. The molecule has 0 saturated carbocycles. The van der Waals surface area contributed by atoms with Crippen LogP contribution in [0.5, 0.6) is 0 Å². The van der Waals surface area contributed by atoms with E-state index in [0.29, 0.717) is 12.3 Å². The van der Waals surface area contributed by atoms with E-state index in [1.165, 1.54) is 6.07 Å². The van der Waals surface area contributed by atoms with Crippen molar-refractivity contribution in [2.75, 3.05) is 19.7 Å². The highest BCUT2D eigenvalue weighted by atomic mass is 32.2. The summed E-state index contributed by atoms with van der Waals surface area (Å²) in [7, 11) is -3.63. The number of hydrogen-bond donors (Lipinski definition) is 3. The predicted molar refractivity (Wildman–Crippen MR) is 67.5 cm³/mol. The molecule has 1 atom stereocenters. The van der Waals surface area contributed by atoms with Crippen LogP contribution in [-0.4, -0.2) is 33.2 Å². The van der Waals surface area contributed by atoms with Crippen molar-refractivity contribution in [3.05, 3.63) is 17.9 Å². The minimum absolute atomic E-state index is 0.0632. The largest absolute Gasteiger partial charge is 0.447 e. The number of aliphatic hydroxyl groups excluding tert-OH is 1. The summed E-state index contributed by atoms with van der Waals surface area (Å²) in [6, 6.07) is 3.06. The second-order valence-electron chi connectivity index (χ2n) is 4.14. The van der Waals surface area contributed by atoms with E-state index in [0.717, 1.165) is 6.54 Å². The zero-order valence-corrected chi connectivity index (χ0v) is 11.5. The van der Waals surface area contributed by atoms with Gasteiger partial charge in [-0.15, -0.1) is 0 Å². The van der Waals surface area contributed by atoms with Crippen LogP contribution in [0, 0.1) is 5.92 Å². The third-order valence-corrected chi connectivity index (χ3v) is 3.68. The van der Waals surface area contributed by atoms with E-state index >= 15 is 0 Å². The zero-order chi connectivity index (χ0) is 13.6. The number of sulfonamides is 1. The maximum Gasteiger partial charge on any atom is 0.273 e. The van der Waals surface area contributed by atoms with E-state index in [1.807, 2.05) is 6.92 Å². The number of aliphatic hydroxyl groups is 1. The molecule has 104 valence electrons. The molecule has 3 N–H and O–H groups in total. The highest BCUT2D eigenvalue weighted by molar-refractivity contribution is 7.89. The van der Waals surface area contributed by atoms with Crippen LogP contribution in [0.3, 0.4) is 0 Å². The smallest absolute Gasteiger partial charge is 0.273 e. The lowest BCUT2D eigenvalue weighted by Crippen LogP contribution is -2.29. The number of rotatable bonds is 8. The summed E-state index contributed by atoms with van der Waals surface area (Å²) in [5.41, 5.74) is 0. The summed E-state index contributed by atoms with van der Waals surface area (Å²) in [5.74, 6) is 0.448. The summed E-state index contributed by atoms with van der Waals surface area (Å²) < 4.78 is 31.3. The average Bonchev–Trinajstić information content (AvgIpc) is 2.83. The predicted octanol–water partition coefficient (Wildman–Crippen LogP) is 0.296. The van der Waals surface area contributed by atoms with Gasteiger partial charge in [0, 0.05) is 13.2 Å². The summed E-state index contributed by atoms with van der Waals surface area (Å²) in [6.07, 6.45) is 0. The molecular formula is C11H20N2O4S. The van der Waals surface area contributed by atoms with Crippen LogP contribution in [0.1, 0.15) is 19.6 Å². The maximum absolute atomic E-state index is 11.8. The number of furan rings is 1. The minimum Gasteiger partial charge on any atom is -0.447 e. The fourth-order valence-corrected chi connectivity index (χ4v) is 2.34. The van der Waals surface area contributed by atoms with E-state index in [-0.39, 0.29) is 24.2 Å². The van der Waals surface area contributed by atoms with Gasteiger partial charge < -0.3 is 14.8 Å². The highest BCUT2D eigenvalue weighted by Crippen LogP contribution is 2.13. The van der Waals surface area contributed by atoms with Crippen LogP contribution in [0.4, 0.5) is 0 Å². The monoisotopic (exact) mass is 276 g/mol. The summed E-state index contributed by atoms with van der Waals surface area (Å²) in [4.78, 5) is 0. The van der Waals surface area contributed by atoms with Crippen LogP contribution < -0.4 is 10.0 Å². The standard InChI is InChI=1S/C11H20N2O4S/c1-3-12-7-10-4-5-11(17-10)18(15,16)13-6-9(2)8-14/h4-5,9,12-14H,3,6-8H2,1-2H3. The molecule has 0 spiro atoms. The van der Waals surface area contributed by atoms with Gasteiger partial charge in [0.2, 0.25) is 5.09 Å². The van der Waals surface area contributed by atoms with Gasteiger partial charge >= 0.3 is 0 Å². The van der Waals surface area contributed by atoms with E-state index in [2.05, 4.69) is 10.0 Å². The van der Waals surface area contributed by atoms with Gasteiger partial charge in [-0.2, -0.15) is 0 Å². The second kappa shape index (κ2) is 6.89. The molecule has 1 aromatic heterocycles. The average molecular weight is 276 g/mol. The Morgan fingerprint density at radius 2 is 2.17 bits per heavy atom. The van der Waals surface area contributed by atoms with Gasteiger partial charge in [-0.05, 0) is 24.6 Å². The molecule has 1 heterocycles. The van der Waals surface area contributed by atoms with Crippen molar-refractivity contribution in [2.24, 2.45) is 5.92 Å². The Bertz CT molecular complexity index is 455. The van der Waals surface area contributed by atoms with Crippen molar-refractivity contribution in [3.63, 3.8) is 0 Å². The lowest BCUT2D eigenvalue weighted by molar-refractivity contribution is 0.238. The van der Waals surface area contributed by atoms with Crippen LogP contribution in [0.25, 0.3) is 0 Å². The van der Waals surface area contributed by atoms with Crippen LogP contribution >= 0.6 is 0 Å². The molecule has 0 aliphatic carbocycles. The van der Waals surface area contributed by atoms with Crippen molar-refractivity contribution in [3.8, 4) is 0 Å². The third-order valence-electron chi connectivity index (χ3n) is 2.38.